The zero-order valence-corrected chi connectivity index (χ0v) is 15.9. The fourth-order valence-corrected chi connectivity index (χ4v) is 4.16. The third-order valence-electron chi connectivity index (χ3n) is 5.59. The van der Waals surface area contributed by atoms with Gasteiger partial charge >= 0.3 is 5.69 Å². The van der Waals surface area contributed by atoms with E-state index < -0.39 is 17.2 Å². The van der Waals surface area contributed by atoms with Gasteiger partial charge in [0.15, 0.2) is 0 Å². The van der Waals surface area contributed by atoms with Crippen LogP contribution in [0.2, 0.25) is 0 Å². The van der Waals surface area contributed by atoms with Crippen LogP contribution in [0.1, 0.15) is 17.0 Å². The number of aromatic nitrogens is 3. The van der Waals surface area contributed by atoms with E-state index in [4.69, 9.17) is 0 Å². The lowest BCUT2D eigenvalue weighted by Gasteiger charge is -2.12. The van der Waals surface area contributed by atoms with Gasteiger partial charge < -0.3 is 10.3 Å². The van der Waals surface area contributed by atoms with E-state index in [1.807, 2.05) is 54.6 Å². The number of hydrogen-bond donors (Lipinski definition) is 2. The molecule has 1 atom stereocenters. The van der Waals surface area contributed by atoms with E-state index in [0.717, 1.165) is 21.4 Å². The third kappa shape index (κ3) is 2.34. The number of nitrogens with one attached hydrogen (secondary N) is 2. The van der Waals surface area contributed by atoms with Crippen LogP contribution in [0.15, 0.2) is 64.2 Å². The van der Waals surface area contributed by atoms with Crippen molar-refractivity contribution in [3.05, 3.63) is 86.6 Å². The Morgan fingerprint density at radius 3 is 2.31 bits per heavy atom. The molecule has 29 heavy (non-hydrogen) atoms. The largest absolute Gasteiger partial charge is 0.340 e. The summed E-state index contributed by atoms with van der Waals surface area (Å²) in [5.74, 6) is -0.847. The Hall–Kier alpha value is -3.87. The number of carbonyl (C=O) groups is 1. The van der Waals surface area contributed by atoms with Crippen LogP contribution in [0, 0.1) is 0 Å². The van der Waals surface area contributed by atoms with Crippen LogP contribution < -0.4 is 16.6 Å². The maximum absolute atomic E-state index is 13.1. The number of amides is 1. The molecule has 0 saturated carbocycles. The monoisotopic (exact) mass is 386 g/mol. The van der Waals surface area contributed by atoms with Gasteiger partial charge in [-0.2, -0.15) is 0 Å². The molecule has 4 aromatic rings. The molecule has 1 aliphatic heterocycles. The molecule has 0 aliphatic carbocycles. The Labute approximate surface area is 165 Å². The number of fused-ring (bicyclic) bond motifs is 2. The molecule has 2 aromatic heterocycles. The fourth-order valence-electron chi connectivity index (χ4n) is 4.16. The van der Waals surface area contributed by atoms with Gasteiger partial charge in [0.2, 0.25) is 5.91 Å². The number of aromatic amines is 1. The molecule has 0 unspecified atom stereocenters. The molecule has 144 valence electrons. The van der Waals surface area contributed by atoms with Gasteiger partial charge in [-0.25, -0.2) is 4.79 Å². The van der Waals surface area contributed by atoms with Gasteiger partial charge in [-0.1, -0.05) is 48.5 Å². The molecule has 5 rings (SSSR count). The number of anilines is 1. The van der Waals surface area contributed by atoms with Crippen LogP contribution >= 0.6 is 0 Å². The molecule has 7 heteroatoms. The van der Waals surface area contributed by atoms with Crippen LogP contribution in [0.5, 0.6) is 0 Å². The van der Waals surface area contributed by atoms with Gasteiger partial charge in [0.25, 0.3) is 5.56 Å². The van der Waals surface area contributed by atoms with E-state index in [1.54, 1.807) is 7.05 Å². The highest BCUT2D eigenvalue weighted by Gasteiger charge is 2.37. The highest BCUT2D eigenvalue weighted by molar-refractivity contribution is 6.08. The molecular weight excluding hydrogens is 368 g/mol. The number of carbonyl (C=O) groups excluding carboxylic acids is 1. The minimum Gasteiger partial charge on any atom is -0.340 e. The van der Waals surface area contributed by atoms with Crippen molar-refractivity contribution >= 4 is 22.6 Å². The van der Waals surface area contributed by atoms with Crippen LogP contribution in [0.3, 0.4) is 0 Å². The first kappa shape index (κ1) is 17.2. The van der Waals surface area contributed by atoms with Crippen LogP contribution in [-0.2, 0) is 18.9 Å². The Kier molecular flexibility index (Phi) is 3.61. The maximum Gasteiger partial charge on any atom is 0.332 e. The lowest BCUT2D eigenvalue weighted by atomic mass is 9.89. The molecule has 1 aliphatic rings. The first-order valence-corrected chi connectivity index (χ1v) is 9.26. The van der Waals surface area contributed by atoms with E-state index in [2.05, 4.69) is 10.3 Å². The number of hydrogen-bond acceptors (Lipinski definition) is 3. The van der Waals surface area contributed by atoms with Crippen molar-refractivity contribution in [3.63, 3.8) is 0 Å². The van der Waals surface area contributed by atoms with Crippen molar-refractivity contribution in [3.8, 4) is 11.3 Å². The molecule has 2 aromatic carbocycles. The van der Waals surface area contributed by atoms with Gasteiger partial charge in [-0.3, -0.25) is 18.7 Å². The second-order valence-corrected chi connectivity index (χ2v) is 7.22. The van der Waals surface area contributed by atoms with E-state index in [1.165, 1.54) is 11.6 Å². The van der Waals surface area contributed by atoms with Crippen molar-refractivity contribution in [2.75, 3.05) is 5.32 Å². The molecular formula is C22H18N4O3. The normalized spacial score (nSPS) is 15.5. The molecule has 0 bridgehead atoms. The summed E-state index contributed by atoms with van der Waals surface area (Å²) < 4.78 is 2.48. The molecule has 0 spiro atoms. The summed E-state index contributed by atoms with van der Waals surface area (Å²) in [6.45, 7) is 0. The summed E-state index contributed by atoms with van der Waals surface area (Å²) in [4.78, 5) is 41.9. The lowest BCUT2D eigenvalue weighted by Crippen LogP contribution is -2.37. The van der Waals surface area contributed by atoms with E-state index in [0.29, 0.717) is 22.3 Å². The van der Waals surface area contributed by atoms with Gasteiger partial charge in [0.1, 0.15) is 5.65 Å². The number of rotatable bonds is 2. The molecule has 7 nitrogen and oxygen atoms in total. The average molecular weight is 386 g/mol. The number of aryl methyl sites for hydroxylation is 1. The molecule has 3 heterocycles. The minimum absolute atomic E-state index is 0.194. The van der Waals surface area contributed by atoms with E-state index in [9.17, 15) is 14.4 Å². The van der Waals surface area contributed by atoms with Gasteiger partial charge in [0.05, 0.1) is 17.0 Å². The summed E-state index contributed by atoms with van der Waals surface area (Å²) in [7, 11) is 3.06. The summed E-state index contributed by atoms with van der Waals surface area (Å²) >= 11 is 0. The maximum atomic E-state index is 13.1. The quantitative estimate of drug-likeness (QED) is 0.554. The first-order valence-electron chi connectivity index (χ1n) is 9.26. The van der Waals surface area contributed by atoms with Crippen molar-refractivity contribution in [1.29, 1.82) is 0 Å². The van der Waals surface area contributed by atoms with E-state index in [-0.39, 0.29) is 5.91 Å². The summed E-state index contributed by atoms with van der Waals surface area (Å²) in [5, 5.41) is 3.26. The standard InChI is InChI=1S/C22H18N4O3/c1-25-19-17(21(28)26(2)22(25)29)16(18(24-19)12-8-4-3-5-9-12)15-13-10-6-7-11-14(13)23-20(15)27/h3-11,15,24H,1-2H3,(H,23,27)/t15-/m1/s1. The van der Waals surface area contributed by atoms with Crippen molar-refractivity contribution in [1.82, 2.24) is 14.1 Å². The second kappa shape index (κ2) is 6.07. The van der Waals surface area contributed by atoms with E-state index >= 15 is 0 Å². The topological polar surface area (TPSA) is 88.9 Å². The Balaban J connectivity index is 1.96. The van der Waals surface area contributed by atoms with Crippen LogP contribution in [0.25, 0.3) is 22.3 Å². The zero-order valence-electron chi connectivity index (χ0n) is 15.9. The van der Waals surface area contributed by atoms with Gasteiger partial charge in [-0.15, -0.1) is 0 Å². The second-order valence-electron chi connectivity index (χ2n) is 7.22. The summed E-state index contributed by atoms with van der Waals surface area (Å²) in [5.41, 5.74) is 3.19. The van der Waals surface area contributed by atoms with Crippen LogP contribution in [-0.4, -0.2) is 20.0 Å². The van der Waals surface area contributed by atoms with Crippen molar-refractivity contribution in [2.45, 2.75) is 5.92 Å². The summed E-state index contributed by atoms with van der Waals surface area (Å²) in [6, 6.07) is 17.0. The van der Waals surface area contributed by atoms with Crippen molar-refractivity contribution in [2.24, 2.45) is 14.1 Å². The molecule has 2 N–H and O–H groups in total. The number of nitrogens with zero attached hydrogens (tertiary/aromatic N) is 2. The number of benzene rings is 2. The zero-order chi connectivity index (χ0) is 20.3. The first-order chi connectivity index (χ1) is 14.0. The smallest absolute Gasteiger partial charge is 0.332 e. The molecule has 0 saturated heterocycles. The van der Waals surface area contributed by atoms with Gasteiger partial charge in [-0.05, 0) is 17.2 Å². The number of H-pyrrole nitrogens is 1. The lowest BCUT2D eigenvalue weighted by molar-refractivity contribution is -0.116. The Morgan fingerprint density at radius 1 is 0.862 bits per heavy atom. The fraction of sp³-hybridized carbons (Fsp3) is 0.136. The Morgan fingerprint density at radius 2 is 1.55 bits per heavy atom. The number of para-hydroxylation sites is 1. The van der Waals surface area contributed by atoms with Crippen molar-refractivity contribution < 1.29 is 4.79 Å². The van der Waals surface area contributed by atoms with Gasteiger partial charge in [0, 0.05) is 25.3 Å². The molecule has 0 radical (unpaired) electrons. The minimum atomic E-state index is -0.652. The summed E-state index contributed by atoms with van der Waals surface area (Å²) in [6.07, 6.45) is 0. The Bertz CT molecular complexity index is 1410. The highest BCUT2D eigenvalue weighted by atomic mass is 16.2. The molecule has 0 fully saturated rings. The highest BCUT2D eigenvalue weighted by Crippen LogP contribution is 2.43. The SMILES string of the molecule is Cn1c(=O)c2c([C@@H]3C(=O)Nc4ccccc43)c(-c3ccccc3)[nH]c2n(C)c1=O. The predicted octanol–water partition coefficient (Wildman–Crippen LogP) is 2.32. The molecule has 1 amide bonds. The predicted molar refractivity (Wildman–Crippen MR) is 111 cm³/mol. The average Bonchev–Trinajstić information content (AvgIpc) is 3.28. The third-order valence-corrected chi connectivity index (χ3v) is 5.59. The van der Waals surface area contributed by atoms with Crippen LogP contribution in [0.4, 0.5) is 5.69 Å².